The summed E-state index contributed by atoms with van der Waals surface area (Å²) in [5, 5.41) is 9.64. The standard InChI is InChI=1S/C10H9N5OS/c1-17-10-13-8(7-3-2-4-16-7)6(5-11)9(14-10)15-12/h2-4H,12H2,1H3,(H,13,14,15). The van der Waals surface area contributed by atoms with Crippen molar-refractivity contribution in [1.29, 1.82) is 5.26 Å². The zero-order valence-corrected chi connectivity index (χ0v) is 9.78. The Labute approximate surface area is 102 Å². The largest absolute Gasteiger partial charge is 0.463 e. The van der Waals surface area contributed by atoms with Crippen molar-refractivity contribution in [2.45, 2.75) is 5.16 Å². The lowest BCUT2D eigenvalue weighted by Crippen LogP contribution is -2.12. The van der Waals surface area contributed by atoms with E-state index in [1.807, 2.05) is 12.3 Å². The van der Waals surface area contributed by atoms with Crippen LogP contribution in [-0.4, -0.2) is 16.2 Å². The van der Waals surface area contributed by atoms with Gasteiger partial charge in [-0.15, -0.1) is 0 Å². The van der Waals surface area contributed by atoms with Gasteiger partial charge in [-0.2, -0.15) is 5.26 Å². The van der Waals surface area contributed by atoms with Gasteiger partial charge in [0, 0.05) is 0 Å². The summed E-state index contributed by atoms with van der Waals surface area (Å²) in [7, 11) is 0. The van der Waals surface area contributed by atoms with E-state index in [2.05, 4.69) is 15.4 Å². The molecule has 17 heavy (non-hydrogen) atoms. The third-order valence-corrected chi connectivity index (χ3v) is 2.62. The second-order valence-electron chi connectivity index (χ2n) is 3.02. The van der Waals surface area contributed by atoms with E-state index < -0.39 is 0 Å². The van der Waals surface area contributed by atoms with E-state index in [1.54, 1.807) is 12.1 Å². The molecular weight excluding hydrogens is 238 g/mol. The average Bonchev–Trinajstić information content (AvgIpc) is 2.90. The highest BCUT2D eigenvalue weighted by Crippen LogP contribution is 2.27. The highest BCUT2D eigenvalue weighted by molar-refractivity contribution is 7.98. The van der Waals surface area contributed by atoms with Crippen LogP contribution < -0.4 is 11.3 Å². The van der Waals surface area contributed by atoms with Crippen LogP contribution in [0.5, 0.6) is 0 Å². The van der Waals surface area contributed by atoms with Gasteiger partial charge in [-0.25, -0.2) is 15.8 Å². The number of nitrogen functional groups attached to an aromatic ring is 1. The van der Waals surface area contributed by atoms with Gasteiger partial charge in [-0.3, -0.25) is 0 Å². The van der Waals surface area contributed by atoms with Crippen LogP contribution in [-0.2, 0) is 0 Å². The number of rotatable bonds is 3. The number of furan rings is 1. The van der Waals surface area contributed by atoms with Crippen molar-refractivity contribution in [3.63, 3.8) is 0 Å². The Hall–Kier alpha value is -2.04. The van der Waals surface area contributed by atoms with Crippen LogP contribution in [0, 0.1) is 11.3 Å². The fraction of sp³-hybridized carbons (Fsp3) is 0.100. The quantitative estimate of drug-likeness (QED) is 0.368. The second kappa shape index (κ2) is 4.86. The first-order chi connectivity index (χ1) is 8.30. The lowest BCUT2D eigenvalue weighted by molar-refractivity contribution is 0.578. The highest BCUT2D eigenvalue weighted by Gasteiger charge is 2.16. The summed E-state index contributed by atoms with van der Waals surface area (Å²) >= 11 is 1.36. The summed E-state index contributed by atoms with van der Waals surface area (Å²) in [6.45, 7) is 0. The predicted molar refractivity (Wildman–Crippen MR) is 64.0 cm³/mol. The molecule has 2 rings (SSSR count). The Morgan fingerprint density at radius 2 is 2.35 bits per heavy atom. The van der Waals surface area contributed by atoms with Crippen molar-refractivity contribution in [2.75, 3.05) is 11.7 Å². The minimum Gasteiger partial charge on any atom is -0.463 e. The summed E-state index contributed by atoms with van der Waals surface area (Å²) in [6.07, 6.45) is 3.36. The van der Waals surface area contributed by atoms with Crippen molar-refractivity contribution in [1.82, 2.24) is 9.97 Å². The minimum atomic E-state index is 0.264. The number of nitrogens with two attached hydrogens (primary N) is 1. The molecule has 7 heteroatoms. The summed E-state index contributed by atoms with van der Waals surface area (Å²) in [5.74, 6) is 6.14. The molecule has 0 atom stereocenters. The van der Waals surface area contributed by atoms with Gasteiger partial charge in [0.25, 0.3) is 0 Å². The maximum absolute atomic E-state index is 9.12. The molecule has 86 valence electrons. The van der Waals surface area contributed by atoms with Crippen molar-refractivity contribution in [3.8, 4) is 17.5 Å². The Morgan fingerprint density at radius 1 is 1.53 bits per heavy atom. The minimum absolute atomic E-state index is 0.264. The van der Waals surface area contributed by atoms with E-state index in [4.69, 9.17) is 15.5 Å². The van der Waals surface area contributed by atoms with Crippen molar-refractivity contribution in [2.24, 2.45) is 5.84 Å². The monoisotopic (exact) mass is 247 g/mol. The predicted octanol–water partition coefficient (Wildman–Crippen LogP) is 1.62. The van der Waals surface area contributed by atoms with Crippen LogP contribution in [0.2, 0.25) is 0 Å². The molecule has 3 N–H and O–H groups in total. The number of hydrogen-bond donors (Lipinski definition) is 2. The average molecular weight is 247 g/mol. The normalized spacial score (nSPS) is 9.94. The lowest BCUT2D eigenvalue weighted by atomic mass is 10.2. The molecule has 0 aliphatic carbocycles. The van der Waals surface area contributed by atoms with Crippen molar-refractivity contribution >= 4 is 17.6 Å². The first kappa shape index (κ1) is 11.4. The molecule has 0 radical (unpaired) electrons. The van der Waals surface area contributed by atoms with Crippen molar-refractivity contribution in [3.05, 3.63) is 24.0 Å². The number of aromatic nitrogens is 2. The molecule has 0 unspecified atom stereocenters. The lowest BCUT2D eigenvalue weighted by Gasteiger charge is -2.07. The number of anilines is 1. The molecule has 0 saturated carbocycles. The van der Waals surface area contributed by atoms with Gasteiger partial charge in [0.2, 0.25) is 0 Å². The smallest absolute Gasteiger partial charge is 0.190 e. The van der Waals surface area contributed by atoms with E-state index >= 15 is 0 Å². The first-order valence-corrected chi connectivity index (χ1v) is 5.89. The third-order valence-electron chi connectivity index (χ3n) is 2.07. The number of nitriles is 1. The zero-order chi connectivity index (χ0) is 12.3. The second-order valence-corrected chi connectivity index (χ2v) is 3.79. The summed E-state index contributed by atoms with van der Waals surface area (Å²) in [5.41, 5.74) is 3.09. The Bertz CT molecular complexity index is 561. The fourth-order valence-electron chi connectivity index (χ4n) is 1.33. The molecule has 0 amide bonds. The van der Waals surface area contributed by atoms with E-state index in [0.29, 0.717) is 22.4 Å². The zero-order valence-electron chi connectivity index (χ0n) is 8.97. The molecule has 0 saturated heterocycles. The molecule has 0 aliphatic heterocycles. The molecule has 0 bridgehead atoms. The van der Waals surface area contributed by atoms with E-state index in [1.165, 1.54) is 18.0 Å². The van der Waals surface area contributed by atoms with Gasteiger partial charge < -0.3 is 9.84 Å². The fourth-order valence-corrected chi connectivity index (χ4v) is 1.70. The molecule has 2 aromatic heterocycles. The molecule has 0 fully saturated rings. The Kier molecular flexibility index (Phi) is 3.27. The van der Waals surface area contributed by atoms with Crippen LogP contribution in [0.3, 0.4) is 0 Å². The maximum Gasteiger partial charge on any atom is 0.190 e. The van der Waals surface area contributed by atoms with Gasteiger partial charge >= 0.3 is 0 Å². The molecule has 0 aliphatic rings. The summed E-state index contributed by atoms with van der Waals surface area (Å²) in [6, 6.07) is 5.48. The molecule has 6 nitrogen and oxygen atoms in total. The Morgan fingerprint density at radius 3 is 2.88 bits per heavy atom. The highest BCUT2D eigenvalue weighted by atomic mass is 32.2. The van der Waals surface area contributed by atoms with Crippen LogP contribution in [0.1, 0.15) is 5.56 Å². The number of hydrogen-bond acceptors (Lipinski definition) is 7. The van der Waals surface area contributed by atoms with Crippen LogP contribution in [0.15, 0.2) is 28.0 Å². The summed E-state index contributed by atoms with van der Waals surface area (Å²) < 4.78 is 5.24. The van der Waals surface area contributed by atoms with Gasteiger partial charge in [0.05, 0.1) is 6.26 Å². The molecule has 2 aromatic rings. The summed E-state index contributed by atoms with van der Waals surface area (Å²) in [4.78, 5) is 8.36. The molecule has 2 heterocycles. The van der Waals surface area contributed by atoms with Gasteiger partial charge in [-0.1, -0.05) is 11.8 Å². The van der Waals surface area contributed by atoms with Crippen molar-refractivity contribution < 1.29 is 4.42 Å². The van der Waals surface area contributed by atoms with Gasteiger partial charge in [-0.05, 0) is 18.4 Å². The first-order valence-electron chi connectivity index (χ1n) is 4.66. The number of hydrazine groups is 1. The van der Waals surface area contributed by atoms with Crippen LogP contribution in [0.25, 0.3) is 11.5 Å². The molecular formula is C10H9N5OS. The number of thioether (sulfide) groups is 1. The van der Waals surface area contributed by atoms with Crippen LogP contribution >= 0.6 is 11.8 Å². The van der Waals surface area contributed by atoms with Gasteiger partial charge in [0.15, 0.2) is 16.7 Å². The van der Waals surface area contributed by atoms with E-state index in [0.717, 1.165) is 0 Å². The molecule has 0 spiro atoms. The van der Waals surface area contributed by atoms with Gasteiger partial charge in [0.1, 0.15) is 17.3 Å². The SMILES string of the molecule is CSc1nc(NN)c(C#N)c(-c2ccco2)n1. The topological polar surface area (TPSA) is 101 Å². The Balaban J connectivity index is 2.68. The number of nitrogens with one attached hydrogen (secondary N) is 1. The third kappa shape index (κ3) is 2.08. The van der Waals surface area contributed by atoms with Crippen LogP contribution in [0.4, 0.5) is 5.82 Å². The van der Waals surface area contributed by atoms with E-state index in [-0.39, 0.29) is 5.56 Å². The molecule has 0 aromatic carbocycles. The maximum atomic E-state index is 9.12. The number of nitrogens with zero attached hydrogens (tertiary/aromatic N) is 3. The van der Waals surface area contributed by atoms with E-state index in [9.17, 15) is 0 Å².